The van der Waals surface area contributed by atoms with Crippen molar-refractivity contribution in [3.05, 3.63) is 29.6 Å². The van der Waals surface area contributed by atoms with Crippen molar-refractivity contribution < 1.29 is 28.5 Å². The van der Waals surface area contributed by atoms with Crippen LogP contribution in [0.3, 0.4) is 0 Å². The molecule has 2 heterocycles. The molecule has 1 aromatic rings. The number of nitrogens with one attached hydrogen (secondary N) is 3. The first-order valence-electron chi connectivity index (χ1n) is 10.6. The van der Waals surface area contributed by atoms with Gasteiger partial charge < -0.3 is 19.9 Å². The van der Waals surface area contributed by atoms with Gasteiger partial charge in [0.25, 0.3) is 5.91 Å². The van der Waals surface area contributed by atoms with Crippen molar-refractivity contribution >= 4 is 11.9 Å². The number of benzene rings is 1. The first-order chi connectivity index (χ1) is 14.0. The van der Waals surface area contributed by atoms with Crippen LogP contribution in [0.2, 0.25) is 0 Å². The predicted octanol–water partition coefficient (Wildman–Crippen LogP) is -0.670. The van der Waals surface area contributed by atoms with E-state index in [2.05, 4.69) is 5.32 Å². The number of hydrogen-bond acceptors (Lipinski definition) is 3. The van der Waals surface area contributed by atoms with Crippen LogP contribution < -0.4 is 19.9 Å². The molecule has 0 bridgehead atoms. The van der Waals surface area contributed by atoms with Gasteiger partial charge in [-0.05, 0) is 31.0 Å². The molecule has 1 spiro atoms. The number of rotatable bonds is 5. The van der Waals surface area contributed by atoms with E-state index in [4.69, 9.17) is 4.74 Å². The minimum Gasteiger partial charge on any atom is -0.496 e. The van der Waals surface area contributed by atoms with Gasteiger partial charge in [-0.25, -0.2) is 14.1 Å². The molecule has 7 nitrogen and oxygen atoms in total. The summed E-state index contributed by atoms with van der Waals surface area (Å²) in [5, 5.41) is 2.99. The van der Waals surface area contributed by atoms with Gasteiger partial charge >= 0.3 is 6.03 Å². The lowest BCUT2D eigenvalue weighted by molar-refractivity contribution is -1.02. The maximum Gasteiger partial charge on any atom is 0.329 e. The Kier molecular flexibility index (Phi) is 5.74. The smallest absolute Gasteiger partial charge is 0.329 e. The molecule has 1 saturated carbocycles. The van der Waals surface area contributed by atoms with Crippen LogP contribution in [0.4, 0.5) is 9.18 Å². The van der Waals surface area contributed by atoms with Crippen molar-refractivity contribution in [2.24, 2.45) is 0 Å². The number of urea groups is 1. The number of quaternary nitrogens is 2. The molecule has 3 fully saturated rings. The lowest BCUT2D eigenvalue weighted by Gasteiger charge is -2.32. The van der Waals surface area contributed by atoms with Crippen LogP contribution >= 0.6 is 0 Å². The molecule has 3 amide bonds. The molecule has 0 unspecified atom stereocenters. The third-order valence-corrected chi connectivity index (χ3v) is 6.68. The average molecular weight is 407 g/mol. The second-order valence-corrected chi connectivity index (χ2v) is 8.60. The Labute approximate surface area is 170 Å². The number of imide groups is 1. The van der Waals surface area contributed by atoms with Gasteiger partial charge in [0.15, 0.2) is 6.67 Å². The quantitative estimate of drug-likeness (QED) is 0.569. The fourth-order valence-electron chi connectivity index (χ4n) is 4.98. The van der Waals surface area contributed by atoms with Crippen molar-refractivity contribution in [3.8, 4) is 5.75 Å². The second-order valence-electron chi connectivity index (χ2n) is 8.60. The number of halogens is 1. The van der Waals surface area contributed by atoms with E-state index in [0.29, 0.717) is 19.0 Å². The summed E-state index contributed by atoms with van der Waals surface area (Å²) >= 11 is 0. The monoisotopic (exact) mass is 406 g/mol. The number of methoxy groups -OCH3 is 1. The Balaban J connectivity index is 1.32. The first kappa shape index (κ1) is 20.1. The van der Waals surface area contributed by atoms with E-state index in [1.807, 2.05) is 0 Å². The lowest BCUT2D eigenvalue weighted by Crippen LogP contribution is -3.28. The van der Waals surface area contributed by atoms with Gasteiger partial charge in [-0.1, -0.05) is 19.3 Å². The van der Waals surface area contributed by atoms with Crippen LogP contribution in [0, 0.1) is 5.82 Å². The maximum absolute atomic E-state index is 13.6. The third-order valence-electron chi connectivity index (χ3n) is 6.68. The summed E-state index contributed by atoms with van der Waals surface area (Å²) in [4.78, 5) is 29.5. The molecule has 0 aromatic heterocycles. The maximum atomic E-state index is 13.6. The minimum atomic E-state index is -0.643. The van der Waals surface area contributed by atoms with Gasteiger partial charge in [0.1, 0.15) is 49.8 Å². The van der Waals surface area contributed by atoms with Crippen LogP contribution in [-0.2, 0) is 11.3 Å². The first-order valence-corrected chi connectivity index (χ1v) is 10.6. The summed E-state index contributed by atoms with van der Waals surface area (Å²) in [5.41, 5.74) is 0.231. The Morgan fingerprint density at radius 2 is 1.79 bits per heavy atom. The SMILES string of the molecule is COc1ccc(F)cc1C[NH+]1CC[NH+](CN2C(=O)NC3(CCCCC3)C2=O)CC1. The van der Waals surface area contributed by atoms with Crippen molar-refractivity contribution in [3.63, 3.8) is 0 Å². The van der Waals surface area contributed by atoms with Gasteiger partial charge in [0.05, 0.1) is 12.7 Å². The van der Waals surface area contributed by atoms with E-state index in [1.165, 1.54) is 20.8 Å². The molecule has 8 heteroatoms. The molecule has 3 aliphatic rings. The Morgan fingerprint density at radius 3 is 2.48 bits per heavy atom. The highest BCUT2D eigenvalue weighted by Gasteiger charge is 2.52. The van der Waals surface area contributed by atoms with E-state index in [1.54, 1.807) is 19.2 Å². The van der Waals surface area contributed by atoms with Crippen molar-refractivity contribution in [2.45, 2.75) is 44.2 Å². The van der Waals surface area contributed by atoms with Gasteiger partial charge in [-0.2, -0.15) is 0 Å². The molecular weight excluding hydrogens is 375 g/mol. The zero-order chi connectivity index (χ0) is 20.4. The second kappa shape index (κ2) is 8.28. The Hall–Kier alpha value is -2.19. The highest BCUT2D eigenvalue weighted by atomic mass is 19.1. The summed E-state index contributed by atoms with van der Waals surface area (Å²) in [6.07, 6.45) is 4.65. The molecule has 158 valence electrons. The number of carbonyl (C=O) groups excluding carboxylic acids is 2. The largest absolute Gasteiger partial charge is 0.496 e. The highest BCUT2D eigenvalue weighted by molar-refractivity contribution is 6.06. The number of amides is 3. The molecule has 0 radical (unpaired) electrons. The van der Waals surface area contributed by atoms with Crippen LogP contribution in [0.25, 0.3) is 0 Å². The fraction of sp³-hybridized carbons (Fsp3) is 0.619. The average Bonchev–Trinajstić information content (AvgIpc) is 2.94. The summed E-state index contributed by atoms with van der Waals surface area (Å²) in [6, 6.07) is 4.40. The van der Waals surface area contributed by atoms with Crippen LogP contribution in [0.1, 0.15) is 37.7 Å². The van der Waals surface area contributed by atoms with Gasteiger partial charge in [-0.15, -0.1) is 0 Å². The predicted molar refractivity (Wildman–Crippen MR) is 104 cm³/mol. The van der Waals surface area contributed by atoms with E-state index >= 15 is 0 Å². The van der Waals surface area contributed by atoms with Crippen molar-refractivity contribution in [2.75, 3.05) is 40.0 Å². The minimum absolute atomic E-state index is 0.0334. The van der Waals surface area contributed by atoms with Gasteiger partial charge in [0.2, 0.25) is 0 Å². The van der Waals surface area contributed by atoms with E-state index in [-0.39, 0.29) is 17.8 Å². The lowest BCUT2D eigenvalue weighted by atomic mass is 9.82. The highest BCUT2D eigenvalue weighted by Crippen LogP contribution is 2.33. The Morgan fingerprint density at radius 1 is 1.10 bits per heavy atom. The molecular formula is C21H31FN4O3+2. The summed E-state index contributed by atoms with van der Waals surface area (Å²) in [5.74, 6) is 0.430. The van der Waals surface area contributed by atoms with Crippen LogP contribution in [0.5, 0.6) is 5.75 Å². The summed E-state index contributed by atoms with van der Waals surface area (Å²) in [6.45, 7) is 4.70. The number of nitrogens with zero attached hydrogens (tertiary/aromatic N) is 1. The van der Waals surface area contributed by atoms with Crippen molar-refractivity contribution in [1.29, 1.82) is 0 Å². The summed E-state index contributed by atoms with van der Waals surface area (Å²) in [7, 11) is 1.60. The molecule has 4 rings (SSSR count). The molecule has 2 saturated heterocycles. The van der Waals surface area contributed by atoms with Gasteiger partial charge in [-0.3, -0.25) is 4.79 Å². The number of carbonyl (C=O) groups is 2. The number of ether oxygens (including phenoxy) is 1. The number of hydrogen-bond donors (Lipinski definition) is 3. The molecule has 29 heavy (non-hydrogen) atoms. The van der Waals surface area contributed by atoms with E-state index in [0.717, 1.165) is 63.8 Å². The number of piperazine rings is 1. The van der Waals surface area contributed by atoms with Crippen molar-refractivity contribution in [1.82, 2.24) is 10.2 Å². The van der Waals surface area contributed by atoms with E-state index in [9.17, 15) is 14.0 Å². The molecule has 3 N–H and O–H groups in total. The normalized spacial score (nSPS) is 26.6. The fourth-order valence-corrected chi connectivity index (χ4v) is 4.98. The van der Waals surface area contributed by atoms with E-state index < -0.39 is 5.54 Å². The molecule has 0 atom stereocenters. The van der Waals surface area contributed by atoms with Crippen LogP contribution in [0.15, 0.2) is 18.2 Å². The topological polar surface area (TPSA) is 67.5 Å². The van der Waals surface area contributed by atoms with Gasteiger partial charge in [0, 0.05) is 0 Å². The molecule has 1 aliphatic carbocycles. The Bertz CT molecular complexity index is 773. The molecule has 2 aliphatic heterocycles. The summed E-state index contributed by atoms with van der Waals surface area (Å²) < 4.78 is 19.0. The zero-order valence-electron chi connectivity index (χ0n) is 17.1. The third kappa shape index (κ3) is 4.09. The molecule has 1 aromatic carbocycles. The standard InChI is InChI=1S/C21H29FN4O3/c1-29-18-6-5-17(22)13-16(18)14-24-9-11-25(12-10-24)15-26-19(27)21(23-20(26)28)7-3-2-4-8-21/h5-6,13H,2-4,7-12,14-15H2,1H3,(H,23,28)/p+2. The van der Waals surface area contributed by atoms with Crippen LogP contribution in [-0.4, -0.2) is 62.3 Å². The zero-order valence-corrected chi connectivity index (χ0v) is 17.1.